The molecule has 0 bridgehead atoms. The van der Waals surface area contributed by atoms with E-state index >= 15 is 0 Å². The van der Waals surface area contributed by atoms with E-state index in [2.05, 4.69) is 23.5 Å². The summed E-state index contributed by atoms with van der Waals surface area (Å²) in [7, 11) is 0. The Kier molecular flexibility index (Phi) is 4.58. The normalized spacial score (nSPS) is 12.4. The van der Waals surface area contributed by atoms with Crippen molar-refractivity contribution in [2.45, 2.75) is 33.4 Å². The van der Waals surface area contributed by atoms with Gasteiger partial charge in [-0.25, -0.2) is 8.78 Å². The van der Waals surface area contributed by atoms with Gasteiger partial charge in [0.05, 0.1) is 0 Å². The molecule has 4 heteroatoms. The SMILES string of the molecule is Cc1ccc(C)c(C(C)NCc2cc(F)c(O)c(F)c2)c1. The molecule has 0 aliphatic rings. The number of nitrogens with one attached hydrogen (secondary N) is 1. The molecule has 2 aromatic carbocycles. The Hall–Kier alpha value is -1.94. The Balaban J connectivity index is 2.11. The van der Waals surface area contributed by atoms with E-state index in [9.17, 15) is 8.78 Å². The first kappa shape index (κ1) is 15.4. The molecular weight excluding hydrogens is 272 g/mol. The number of rotatable bonds is 4. The summed E-state index contributed by atoms with van der Waals surface area (Å²) in [5.74, 6) is -2.81. The fourth-order valence-corrected chi connectivity index (χ4v) is 2.33. The van der Waals surface area contributed by atoms with E-state index in [1.807, 2.05) is 20.8 Å². The third kappa shape index (κ3) is 3.58. The van der Waals surface area contributed by atoms with Gasteiger partial charge in [0.2, 0.25) is 0 Å². The molecule has 0 aliphatic heterocycles. The topological polar surface area (TPSA) is 32.3 Å². The van der Waals surface area contributed by atoms with E-state index in [0.29, 0.717) is 12.1 Å². The molecule has 1 unspecified atom stereocenters. The fourth-order valence-electron chi connectivity index (χ4n) is 2.33. The predicted octanol–water partition coefficient (Wildman–Crippen LogP) is 4.14. The highest BCUT2D eigenvalue weighted by molar-refractivity contribution is 5.33. The fraction of sp³-hybridized carbons (Fsp3) is 0.294. The van der Waals surface area contributed by atoms with E-state index in [4.69, 9.17) is 5.11 Å². The molecule has 0 spiro atoms. The number of aromatic hydroxyl groups is 1. The largest absolute Gasteiger partial charge is 0.503 e. The maximum atomic E-state index is 13.3. The van der Waals surface area contributed by atoms with Crippen LogP contribution in [0.15, 0.2) is 30.3 Å². The predicted molar refractivity (Wildman–Crippen MR) is 79.2 cm³/mol. The monoisotopic (exact) mass is 291 g/mol. The molecule has 2 rings (SSSR count). The molecular formula is C17H19F2NO. The van der Waals surface area contributed by atoms with E-state index in [1.165, 1.54) is 11.1 Å². The molecule has 0 aliphatic carbocycles. The van der Waals surface area contributed by atoms with Crippen LogP contribution in [0.25, 0.3) is 0 Å². The minimum atomic E-state index is -0.939. The molecule has 0 aromatic heterocycles. The van der Waals surface area contributed by atoms with Crippen molar-refractivity contribution in [2.75, 3.05) is 0 Å². The van der Waals surface area contributed by atoms with Crippen molar-refractivity contribution in [3.05, 3.63) is 64.2 Å². The van der Waals surface area contributed by atoms with Gasteiger partial charge in [0.25, 0.3) is 0 Å². The third-order valence-corrected chi connectivity index (χ3v) is 3.59. The van der Waals surface area contributed by atoms with Gasteiger partial charge in [-0.2, -0.15) is 0 Å². The third-order valence-electron chi connectivity index (χ3n) is 3.59. The van der Waals surface area contributed by atoms with Crippen LogP contribution in [0, 0.1) is 25.5 Å². The standard InChI is InChI=1S/C17H19F2NO/c1-10-4-5-11(2)14(6-10)12(3)20-9-13-7-15(18)17(21)16(19)8-13/h4-8,12,20-21H,9H2,1-3H3. The average molecular weight is 291 g/mol. The number of hydrogen-bond donors (Lipinski definition) is 2. The second-order valence-corrected chi connectivity index (χ2v) is 5.37. The zero-order chi connectivity index (χ0) is 15.6. The van der Waals surface area contributed by atoms with Crippen molar-refractivity contribution < 1.29 is 13.9 Å². The quantitative estimate of drug-likeness (QED) is 0.887. The lowest BCUT2D eigenvalue weighted by Gasteiger charge is -2.17. The summed E-state index contributed by atoms with van der Waals surface area (Å²) in [6.45, 7) is 6.39. The van der Waals surface area contributed by atoms with Crippen LogP contribution in [0.1, 0.15) is 35.2 Å². The first-order chi connectivity index (χ1) is 9.88. The van der Waals surface area contributed by atoms with Gasteiger partial charge in [-0.15, -0.1) is 0 Å². The Bertz CT molecular complexity index is 632. The number of hydrogen-bond acceptors (Lipinski definition) is 2. The summed E-state index contributed by atoms with van der Waals surface area (Å²) < 4.78 is 26.6. The molecule has 21 heavy (non-hydrogen) atoms. The van der Waals surface area contributed by atoms with Crippen molar-refractivity contribution in [3.63, 3.8) is 0 Å². The summed E-state index contributed by atoms with van der Waals surface area (Å²) in [6.07, 6.45) is 0. The minimum Gasteiger partial charge on any atom is -0.503 e. The summed E-state index contributed by atoms with van der Waals surface area (Å²) in [5.41, 5.74) is 3.96. The number of phenols is 1. The zero-order valence-corrected chi connectivity index (χ0v) is 12.4. The van der Waals surface area contributed by atoms with Crippen molar-refractivity contribution in [1.82, 2.24) is 5.32 Å². The van der Waals surface area contributed by atoms with Crippen LogP contribution in [0.3, 0.4) is 0 Å². The van der Waals surface area contributed by atoms with Gasteiger partial charge < -0.3 is 10.4 Å². The molecule has 2 nitrogen and oxygen atoms in total. The van der Waals surface area contributed by atoms with Crippen molar-refractivity contribution in [2.24, 2.45) is 0 Å². The lowest BCUT2D eigenvalue weighted by atomic mass is 10.00. The van der Waals surface area contributed by atoms with Gasteiger partial charge in [0.1, 0.15) is 0 Å². The average Bonchev–Trinajstić information content (AvgIpc) is 2.44. The Labute approximate surface area is 123 Å². The number of phenolic OH excluding ortho intramolecular Hbond substituents is 1. The van der Waals surface area contributed by atoms with Crippen LogP contribution >= 0.6 is 0 Å². The smallest absolute Gasteiger partial charge is 0.187 e. The molecule has 0 fully saturated rings. The van der Waals surface area contributed by atoms with E-state index in [1.54, 1.807) is 0 Å². The van der Waals surface area contributed by atoms with Gasteiger partial charge in [-0.3, -0.25) is 0 Å². The van der Waals surface area contributed by atoms with Crippen molar-refractivity contribution in [3.8, 4) is 5.75 Å². The number of benzene rings is 2. The highest BCUT2D eigenvalue weighted by Gasteiger charge is 2.12. The molecule has 0 amide bonds. The summed E-state index contributed by atoms with van der Waals surface area (Å²) in [5, 5.41) is 12.3. The number of halogens is 2. The zero-order valence-electron chi connectivity index (χ0n) is 12.4. The van der Waals surface area contributed by atoms with E-state index < -0.39 is 17.4 Å². The Morgan fingerprint density at radius 1 is 1.10 bits per heavy atom. The highest BCUT2D eigenvalue weighted by Crippen LogP contribution is 2.23. The van der Waals surface area contributed by atoms with Gasteiger partial charge in [0.15, 0.2) is 17.4 Å². The Morgan fingerprint density at radius 3 is 2.33 bits per heavy atom. The molecule has 0 radical (unpaired) electrons. The summed E-state index contributed by atoms with van der Waals surface area (Å²) >= 11 is 0. The van der Waals surface area contributed by atoms with Crippen LogP contribution in [-0.2, 0) is 6.54 Å². The van der Waals surface area contributed by atoms with Crippen molar-refractivity contribution in [1.29, 1.82) is 0 Å². The summed E-state index contributed by atoms with van der Waals surface area (Å²) in [6, 6.07) is 8.55. The molecule has 0 saturated carbocycles. The van der Waals surface area contributed by atoms with Crippen LogP contribution < -0.4 is 5.32 Å². The number of aryl methyl sites for hydroxylation is 2. The van der Waals surface area contributed by atoms with Crippen molar-refractivity contribution >= 4 is 0 Å². The highest BCUT2D eigenvalue weighted by atomic mass is 19.1. The van der Waals surface area contributed by atoms with Crippen LogP contribution in [0.5, 0.6) is 5.75 Å². The Morgan fingerprint density at radius 2 is 1.71 bits per heavy atom. The maximum absolute atomic E-state index is 13.3. The van der Waals surface area contributed by atoms with Gasteiger partial charge in [-0.1, -0.05) is 23.8 Å². The molecule has 2 aromatic rings. The van der Waals surface area contributed by atoms with E-state index in [-0.39, 0.29) is 6.04 Å². The molecule has 1 atom stereocenters. The van der Waals surface area contributed by atoms with Crippen LogP contribution in [-0.4, -0.2) is 5.11 Å². The lowest BCUT2D eigenvalue weighted by Crippen LogP contribution is -2.19. The van der Waals surface area contributed by atoms with E-state index in [0.717, 1.165) is 17.7 Å². The first-order valence-corrected chi connectivity index (χ1v) is 6.86. The van der Waals surface area contributed by atoms with Gasteiger partial charge >= 0.3 is 0 Å². The molecule has 0 heterocycles. The maximum Gasteiger partial charge on any atom is 0.187 e. The second-order valence-electron chi connectivity index (χ2n) is 5.37. The van der Waals surface area contributed by atoms with Crippen LogP contribution in [0.2, 0.25) is 0 Å². The molecule has 0 saturated heterocycles. The molecule has 2 N–H and O–H groups in total. The van der Waals surface area contributed by atoms with Gasteiger partial charge in [-0.05, 0) is 49.6 Å². The minimum absolute atomic E-state index is 0.0600. The van der Waals surface area contributed by atoms with Crippen LogP contribution in [0.4, 0.5) is 8.78 Å². The first-order valence-electron chi connectivity index (χ1n) is 6.86. The summed E-state index contributed by atoms with van der Waals surface area (Å²) in [4.78, 5) is 0. The second kappa shape index (κ2) is 6.22. The lowest BCUT2D eigenvalue weighted by molar-refractivity contribution is 0.394. The molecule has 112 valence electrons. The van der Waals surface area contributed by atoms with Gasteiger partial charge in [0, 0.05) is 12.6 Å².